The molecule has 0 fully saturated rings. The maximum Gasteiger partial charge on any atom is 0.230 e. The Morgan fingerprint density at radius 3 is 2.83 bits per heavy atom. The predicted octanol–water partition coefficient (Wildman–Crippen LogP) is -0.151. The largest absolute Gasteiger partial charge is 0.544 e. The Bertz CT molecular complexity index is 687. The van der Waals surface area contributed by atoms with Crippen LogP contribution in [0.4, 0.5) is 5.69 Å². The average molecular weight is 339 g/mol. The second-order valence-electron chi connectivity index (χ2n) is 4.86. The van der Waals surface area contributed by atoms with E-state index in [1.807, 2.05) is 0 Å². The first-order chi connectivity index (χ1) is 11.0. The van der Waals surface area contributed by atoms with Crippen LogP contribution in [0, 0.1) is 0 Å². The minimum Gasteiger partial charge on any atom is -0.544 e. The molecule has 122 valence electrons. The van der Waals surface area contributed by atoms with E-state index in [1.54, 1.807) is 12.1 Å². The maximum atomic E-state index is 12.0. The summed E-state index contributed by atoms with van der Waals surface area (Å²) >= 11 is 5.78. The van der Waals surface area contributed by atoms with Gasteiger partial charge >= 0.3 is 0 Å². The fourth-order valence-electron chi connectivity index (χ4n) is 1.96. The molecule has 23 heavy (non-hydrogen) atoms. The monoisotopic (exact) mass is 338 g/mol. The van der Waals surface area contributed by atoms with E-state index in [0.29, 0.717) is 10.8 Å². The third-order valence-corrected chi connectivity index (χ3v) is 3.36. The number of quaternary nitrogens is 1. The number of carbonyl (C=O) groups is 2. The van der Waals surface area contributed by atoms with Crippen molar-refractivity contribution in [2.24, 2.45) is 0 Å². The second kappa shape index (κ2) is 7.66. The lowest BCUT2D eigenvalue weighted by molar-refractivity contribution is -0.698. The standard InChI is InChI=1S/C15H15ClN2O5/c16-9-3-4-13(19)11(6-9)18-14(20)7-12(15(21)22)17-8-10-2-1-5-23-10/h1-6,12,17,19H,7-8H2,(H,18,20)(H,21,22)/t12-/m1/s1. The van der Waals surface area contributed by atoms with Crippen molar-refractivity contribution in [2.45, 2.75) is 19.0 Å². The van der Waals surface area contributed by atoms with E-state index in [0.717, 1.165) is 0 Å². The van der Waals surface area contributed by atoms with E-state index < -0.39 is 17.9 Å². The third-order valence-electron chi connectivity index (χ3n) is 3.12. The highest BCUT2D eigenvalue weighted by molar-refractivity contribution is 6.31. The lowest BCUT2D eigenvalue weighted by Gasteiger charge is -2.16. The highest BCUT2D eigenvalue weighted by Crippen LogP contribution is 2.26. The van der Waals surface area contributed by atoms with Crippen LogP contribution in [0.5, 0.6) is 5.75 Å². The van der Waals surface area contributed by atoms with Gasteiger partial charge in [0.15, 0.2) is 5.76 Å². The summed E-state index contributed by atoms with van der Waals surface area (Å²) in [5.74, 6) is -1.51. The first-order valence-electron chi connectivity index (χ1n) is 6.80. The lowest BCUT2D eigenvalue weighted by atomic mass is 10.2. The third kappa shape index (κ3) is 5.01. The number of phenols is 1. The SMILES string of the molecule is O=C(C[C@@H]([NH2+]Cc1ccco1)C(=O)[O-])Nc1cc(Cl)ccc1O. The molecule has 4 N–H and O–H groups in total. The topological polar surface area (TPSA) is 119 Å². The molecular weight excluding hydrogens is 324 g/mol. The molecule has 0 aliphatic rings. The van der Waals surface area contributed by atoms with Gasteiger partial charge in [-0.1, -0.05) is 11.6 Å². The van der Waals surface area contributed by atoms with Gasteiger partial charge in [-0.25, -0.2) is 0 Å². The zero-order valence-corrected chi connectivity index (χ0v) is 12.7. The molecule has 1 aromatic carbocycles. The van der Waals surface area contributed by atoms with Crippen LogP contribution in [0.3, 0.4) is 0 Å². The predicted molar refractivity (Wildman–Crippen MR) is 79.5 cm³/mol. The number of halogens is 1. The normalized spacial score (nSPS) is 11.9. The molecule has 1 heterocycles. The number of phenolic OH excluding ortho intramolecular Hbond substituents is 1. The van der Waals surface area contributed by atoms with Crippen molar-refractivity contribution >= 4 is 29.2 Å². The van der Waals surface area contributed by atoms with Crippen molar-refractivity contribution in [2.75, 3.05) is 5.32 Å². The fraction of sp³-hybridized carbons (Fsp3) is 0.200. The number of hydrogen-bond donors (Lipinski definition) is 3. The zero-order chi connectivity index (χ0) is 16.8. The number of benzene rings is 1. The Labute approximate surface area is 136 Å². The Morgan fingerprint density at radius 2 is 2.17 bits per heavy atom. The first kappa shape index (κ1) is 16.9. The van der Waals surface area contributed by atoms with Gasteiger partial charge in [0.1, 0.15) is 18.3 Å². The van der Waals surface area contributed by atoms with Crippen molar-refractivity contribution in [3.05, 3.63) is 47.4 Å². The Balaban J connectivity index is 1.94. The van der Waals surface area contributed by atoms with E-state index in [9.17, 15) is 19.8 Å². The quantitative estimate of drug-likeness (QED) is 0.606. The molecule has 0 saturated carbocycles. The summed E-state index contributed by atoms with van der Waals surface area (Å²) in [6, 6.07) is 6.47. The van der Waals surface area contributed by atoms with Gasteiger partial charge in [0.25, 0.3) is 0 Å². The number of hydrogen-bond acceptors (Lipinski definition) is 5. The Morgan fingerprint density at radius 1 is 1.39 bits per heavy atom. The number of carbonyl (C=O) groups excluding carboxylic acids is 2. The summed E-state index contributed by atoms with van der Waals surface area (Å²) in [5, 5.41) is 25.0. The minimum atomic E-state index is -1.36. The van der Waals surface area contributed by atoms with Gasteiger partial charge in [0.05, 0.1) is 24.3 Å². The van der Waals surface area contributed by atoms with Crippen molar-refractivity contribution in [3.8, 4) is 5.75 Å². The van der Waals surface area contributed by atoms with Crippen LogP contribution in [0.2, 0.25) is 5.02 Å². The molecular formula is C15H15ClN2O5. The van der Waals surface area contributed by atoms with Crippen LogP contribution in [0.15, 0.2) is 41.0 Å². The Kier molecular flexibility index (Phi) is 5.61. The van der Waals surface area contributed by atoms with Gasteiger partial charge < -0.3 is 30.1 Å². The number of rotatable bonds is 7. The van der Waals surface area contributed by atoms with E-state index in [2.05, 4.69) is 5.32 Å². The number of carboxylic acid groups (broad SMARTS) is 1. The van der Waals surface area contributed by atoms with Gasteiger partial charge in [-0.05, 0) is 30.3 Å². The van der Waals surface area contributed by atoms with Gasteiger partial charge in [0, 0.05) is 5.02 Å². The molecule has 0 aliphatic carbocycles. The smallest absolute Gasteiger partial charge is 0.230 e. The molecule has 0 bridgehead atoms. The van der Waals surface area contributed by atoms with E-state index in [4.69, 9.17) is 16.0 Å². The van der Waals surface area contributed by atoms with Crippen LogP contribution in [0.25, 0.3) is 0 Å². The number of aliphatic carboxylic acids is 1. The number of nitrogens with two attached hydrogens (primary N) is 1. The number of furan rings is 1. The number of anilines is 1. The minimum absolute atomic E-state index is 0.116. The molecule has 7 nitrogen and oxygen atoms in total. The summed E-state index contributed by atoms with van der Waals surface area (Å²) in [4.78, 5) is 23.1. The molecule has 1 aromatic heterocycles. The lowest BCUT2D eigenvalue weighted by Crippen LogP contribution is -2.92. The highest BCUT2D eigenvalue weighted by atomic mass is 35.5. The van der Waals surface area contributed by atoms with Crippen molar-refractivity contribution in [1.82, 2.24) is 0 Å². The van der Waals surface area contributed by atoms with Crippen LogP contribution in [0.1, 0.15) is 12.2 Å². The van der Waals surface area contributed by atoms with Crippen molar-refractivity contribution in [3.63, 3.8) is 0 Å². The van der Waals surface area contributed by atoms with E-state index in [1.165, 1.54) is 29.8 Å². The average Bonchev–Trinajstić information content (AvgIpc) is 3.00. The van der Waals surface area contributed by atoms with Crippen molar-refractivity contribution in [1.29, 1.82) is 0 Å². The van der Waals surface area contributed by atoms with Crippen LogP contribution >= 0.6 is 11.6 Å². The molecule has 2 aromatic rings. The summed E-state index contributed by atoms with van der Waals surface area (Å²) in [7, 11) is 0. The molecule has 0 radical (unpaired) electrons. The second-order valence-corrected chi connectivity index (χ2v) is 5.29. The first-order valence-corrected chi connectivity index (χ1v) is 7.18. The molecule has 1 atom stereocenters. The summed E-state index contributed by atoms with van der Waals surface area (Å²) < 4.78 is 5.10. The van der Waals surface area contributed by atoms with Crippen LogP contribution < -0.4 is 15.7 Å². The fourth-order valence-corrected chi connectivity index (χ4v) is 2.13. The summed E-state index contributed by atoms with van der Waals surface area (Å²) in [6.07, 6.45) is 1.15. The summed E-state index contributed by atoms with van der Waals surface area (Å²) in [5.41, 5.74) is 0.116. The van der Waals surface area contributed by atoms with E-state index >= 15 is 0 Å². The molecule has 2 rings (SSSR count). The summed E-state index contributed by atoms with van der Waals surface area (Å²) in [6.45, 7) is 0.265. The number of aromatic hydroxyl groups is 1. The molecule has 0 aliphatic heterocycles. The van der Waals surface area contributed by atoms with E-state index in [-0.39, 0.29) is 24.4 Å². The number of nitrogens with one attached hydrogen (secondary N) is 1. The van der Waals surface area contributed by atoms with Gasteiger partial charge in [-0.15, -0.1) is 0 Å². The zero-order valence-electron chi connectivity index (χ0n) is 12.0. The molecule has 8 heteroatoms. The Hall–Kier alpha value is -2.51. The number of carboxylic acids is 1. The molecule has 1 amide bonds. The van der Waals surface area contributed by atoms with Gasteiger partial charge in [0.2, 0.25) is 5.91 Å². The van der Waals surface area contributed by atoms with Crippen LogP contribution in [-0.2, 0) is 16.1 Å². The molecule has 0 spiro atoms. The van der Waals surface area contributed by atoms with Gasteiger partial charge in [-0.2, -0.15) is 0 Å². The molecule has 0 saturated heterocycles. The highest BCUT2D eigenvalue weighted by Gasteiger charge is 2.19. The molecule has 0 unspecified atom stereocenters. The maximum absolute atomic E-state index is 12.0. The number of amides is 1. The van der Waals surface area contributed by atoms with Gasteiger partial charge in [-0.3, -0.25) is 4.79 Å². The van der Waals surface area contributed by atoms with Crippen molar-refractivity contribution < 1.29 is 29.5 Å². The van der Waals surface area contributed by atoms with Crippen LogP contribution in [-0.4, -0.2) is 23.0 Å².